The molecule has 0 aliphatic heterocycles. The fourth-order valence-corrected chi connectivity index (χ4v) is 2.99. The fourth-order valence-electron chi connectivity index (χ4n) is 1.68. The number of non-ortho nitro benzene ring substituents is 1. The number of nitrogens with zero attached hydrogens (tertiary/aromatic N) is 1. The molecule has 0 radical (unpaired) electrons. The van der Waals surface area contributed by atoms with Crippen LogP contribution in [0.3, 0.4) is 0 Å². The second-order valence-electron chi connectivity index (χ2n) is 4.21. The zero-order valence-electron chi connectivity index (χ0n) is 10.7. The van der Waals surface area contributed by atoms with Crippen molar-refractivity contribution in [1.29, 1.82) is 0 Å². The average Bonchev–Trinajstić information content (AvgIpc) is 2.45. The monoisotopic (exact) mass is 326 g/mol. The van der Waals surface area contributed by atoms with Crippen LogP contribution in [-0.2, 0) is 16.6 Å². The van der Waals surface area contributed by atoms with Gasteiger partial charge in [-0.1, -0.05) is 29.8 Å². The lowest BCUT2D eigenvalue weighted by Crippen LogP contribution is -2.23. The number of rotatable bonds is 5. The molecule has 21 heavy (non-hydrogen) atoms. The number of sulfonamides is 1. The van der Waals surface area contributed by atoms with Crippen molar-refractivity contribution in [3.05, 3.63) is 69.2 Å². The molecule has 0 heterocycles. The minimum Gasteiger partial charge on any atom is -0.258 e. The first kappa shape index (κ1) is 15.4. The van der Waals surface area contributed by atoms with E-state index >= 15 is 0 Å². The van der Waals surface area contributed by atoms with Gasteiger partial charge in [-0.3, -0.25) is 10.1 Å². The van der Waals surface area contributed by atoms with Crippen molar-refractivity contribution in [2.45, 2.75) is 11.4 Å². The molecule has 0 aliphatic rings. The summed E-state index contributed by atoms with van der Waals surface area (Å²) in [6.45, 7) is -0.0451. The van der Waals surface area contributed by atoms with Crippen molar-refractivity contribution in [1.82, 2.24) is 4.72 Å². The van der Waals surface area contributed by atoms with E-state index in [1.807, 2.05) is 0 Å². The lowest BCUT2D eigenvalue weighted by atomic mass is 10.2. The molecule has 0 atom stereocenters. The van der Waals surface area contributed by atoms with Crippen LogP contribution in [-0.4, -0.2) is 13.3 Å². The maximum Gasteiger partial charge on any atom is 0.269 e. The largest absolute Gasteiger partial charge is 0.269 e. The summed E-state index contributed by atoms with van der Waals surface area (Å²) in [5.41, 5.74) is 0.407. The highest BCUT2D eigenvalue weighted by Crippen LogP contribution is 2.17. The van der Waals surface area contributed by atoms with E-state index in [1.165, 1.54) is 36.4 Å². The Morgan fingerprint density at radius 1 is 1.14 bits per heavy atom. The van der Waals surface area contributed by atoms with Gasteiger partial charge in [-0.2, -0.15) is 0 Å². The quantitative estimate of drug-likeness (QED) is 0.675. The van der Waals surface area contributed by atoms with Crippen LogP contribution in [0.4, 0.5) is 5.69 Å². The number of nitrogens with one attached hydrogen (secondary N) is 1. The van der Waals surface area contributed by atoms with Gasteiger partial charge in [0, 0.05) is 23.7 Å². The summed E-state index contributed by atoms with van der Waals surface area (Å²) in [6, 6.07) is 11.6. The topological polar surface area (TPSA) is 89.3 Å². The third kappa shape index (κ3) is 4.01. The predicted octanol–water partition coefficient (Wildman–Crippen LogP) is 2.73. The summed E-state index contributed by atoms with van der Waals surface area (Å²) in [4.78, 5) is 10.2. The second-order valence-corrected chi connectivity index (χ2v) is 6.41. The molecule has 0 aliphatic carbocycles. The van der Waals surface area contributed by atoms with Gasteiger partial charge in [-0.15, -0.1) is 0 Å². The molecule has 2 aromatic rings. The maximum absolute atomic E-state index is 12.1. The van der Waals surface area contributed by atoms with E-state index in [0.29, 0.717) is 10.6 Å². The van der Waals surface area contributed by atoms with E-state index < -0.39 is 14.9 Å². The van der Waals surface area contributed by atoms with Gasteiger partial charge in [0.05, 0.1) is 9.82 Å². The van der Waals surface area contributed by atoms with E-state index in [9.17, 15) is 18.5 Å². The van der Waals surface area contributed by atoms with Crippen LogP contribution in [0.15, 0.2) is 53.4 Å². The van der Waals surface area contributed by atoms with Crippen molar-refractivity contribution in [2.24, 2.45) is 0 Å². The van der Waals surface area contributed by atoms with Crippen molar-refractivity contribution in [3.8, 4) is 0 Å². The van der Waals surface area contributed by atoms with Crippen molar-refractivity contribution < 1.29 is 13.3 Å². The van der Waals surface area contributed by atoms with Crippen LogP contribution in [0.2, 0.25) is 5.02 Å². The van der Waals surface area contributed by atoms with E-state index in [4.69, 9.17) is 11.6 Å². The van der Waals surface area contributed by atoms with E-state index in [1.54, 1.807) is 12.1 Å². The lowest BCUT2D eigenvalue weighted by molar-refractivity contribution is -0.384. The summed E-state index contributed by atoms with van der Waals surface area (Å²) in [5.74, 6) is 0. The van der Waals surface area contributed by atoms with E-state index in [2.05, 4.69) is 4.72 Å². The Balaban J connectivity index is 2.15. The summed E-state index contributed by atoms with van der Waals surface area (Å²) in [7, 11) is -3.72. The highest BCUT2D eigenvalue weighted by molar-refractivity contribution is 7.89. The lowest BCUT2D eigenvalue weighted by Gasteiger charge is -2.07. The van der Waals surface area contributed by atoms with Crippen LogP contribution in [0.1, 0.15) is 5.56 Å². The molecule has 110 valence electrons. The molecular weight excluding hydrogens is 316 g/mol. The van der Waals surface area contributed by atoms with Crippen LogP contribution in [0, 0.1) is 10.1 Å². The van der Waals surface area contributed by atoms with Gasteiger partial charge in [0.1, 0.15) is 0 Å². The highest BCUT2D eigenvalue weighted by atomic mass is 35.5. The molecular formula is C13H11ClN2O4S. The van der Waals surface area contributed by atoms with Crippen LogP contribution < -0.4 is 4.72 Å². The Morgan fingerprint density at radius 2 is 1.86 bits per heavy atom. The van der Waals surface area contributed by atoms with Gasteiger partial charge in [0.25, 0.3) is 5.69 Å². The zero-order chi connectivity index (χ0) is 15.5. The van der Waals surface area contributed by atoms with Gasteiger partial charge in [-0.05, 0) is 23.8 Å². The number of nitro groups is 1. The molecule has 0 bridgehead atoms. The van der Waals surface area contributed by atoms with Gasteiger partial charge >= 0.3 is 0 Å². The minimum absolute atomic E-state index is 0.0421. The first-order valence-electron chi connectivity index (χ1n) is 5.87. The molecule has 0 spiro atoms. The van der Waals surface area contributed by atoms with Gasteiger partial charge in [0.2, 0.25) is 10.0 Å². The molecule has 0 saturated heterocycles. The first-order chi connectivity index (χ1) is 9.88. The van der Waals surface area contributed by atoms with E-state index in [-0.39, 0.29) is 17.1 Å². The number of halogens is 1. The number of benzene rings is 2. The Bertz CT molecular complexity index is 777. The second kappa shape index (κ2) is 6.21. The van der Waals surface area contributed by atoms with E-state index in [0.717, 1.165) is 0 Å². The van der Waals surface area contributed by atoms with Crippen molar-refractivity contribution >= 4 is 27.3 Å². The van der Waals surface area contributed by atoms with Crippen LogP contribution in [0.25, 0.3) is 0 Å². The standard InChI is InChI=1S/C13H11ClN2O4S/c14-11-4-2-6-13(8-11)21(19,20)15-9-10-3-1-5-12(7-10)16(17)18/h1-8,15H,9H2. The average molecular weight is 327 g/mol. The summed E-state index contributed by atoms with van der Waals surface area (Å²) in [6.07, 6.45) is 0. The molecule has 0 fully saturated rings. The molecule has 8 heteroatoms. The van der Waals surface area contributed by atoms with Crippen LogP contribution in [0.5, 0.6) is 0 Å². The van der Waals surface area contributed by atoms with Crippen molar-refractivity contribution in [3.63, 3.8) is 0 Å². The van der Waals surface area contributed by atoms with Gasteiger partial charge in [-0.25, -0.2) is 13.1 Å². The molecule has 1 N–H and O–H groups in total. The summed E-state index contributed by atoms with van der Waals surface area (Å²) >= 11 is 5.76. The molecule has 2 aromatic carbocycles. The molecule has 0 aromatic heterocycles. The highest BCUT2D eigenvalue weighted by Gasteiger charge is 2.14. The molecule has 6 nitrogen and oxygen atoms in total. The number of hydrogen-bond donors (Lipinski definition) is 1. The zero-order valence-corrected chi connectivity index (χ0v) is 12.3. The predicted molar refractivity (Wildman–Crippen MR) is 78.6 cm³/mol. The maximum atomic E-state index is 12.1. The summed E-state index contributed by atoms with van der Waals surface area (Å²) < 4.78 is 26.5. The van der Waals surface area contributed by atoms with Crippen LogP contribution >= 0.6 is 11.6 Å². The minimum atomic E-state index is -3.72. The Hall–Kier alpha value is -1.96. The normalized spacial score (nSPS) is 11.3. The Labute approximate surface area is 126 Å². The van der Waals surface area contributed by atoms with Gasteiger partial charge in [0.15, 0.2) is 0 Å². The SMILES string of the molecule is O=[N+]([O-])c1cccc(CNS(=O)(=O)c2cccc(Cl)c2)c1. The molecule has 0 unspecified atom stereocenters. The molecule has 0 saturated carbocycles. The first-order valence-corrected chi connectivity index (χ1v) is 7.73. The smallest absolute Gasteiger partial charge is 0.258 e. The van der Waals surface area contributed by atoms with Crippen molar-refractivity contribution in [2.75, 3.05) is 0 Å². The Morgan fingerprint density at radius 3 is 2.52 bits per heavy atom. The molecule has 2 rings (SSSR count). The Kier molecular flexibility index (Phi) is 4.56. The fraction of sp³-hybridized carbons (Fsp3) is 0.0769. The number of nitro benzene ring substituents is 1. The third-order valence-corrected chi connectivity index (χ3v) is 4.33. The van der Waals surface area contributed by atoms with Gasteiger partial charge < -0.3 is 0 Å². The summed E-state index contributed by atoms with van der Waals surface area (Å²) in [5, 5.41) is 11.0. The third-order valence-electron chi connectivity index (χ3n) is 2.69. The number of hydrogen-bond acceptors (Lipinski definition) is 4. The molecule has 0 amide bonds.